The first-order valence-corrected chi connectivity index (χ1v) is 12.3. The number of carboxylic acids is 1. The number of hydrogen-bond acceptors (Lipinski definition) is 5. The zero-order valence-corrected chi connectivity index (χ0v) is 20.1. The number of fused-ring (bicyclic) bond motifs is 1. The number of aliphatic carboxylic acids is 1. The second-order valence-electron chi connectivity index (χ2n) is 10.0. The summed E-state index contributed by atoms with van der Waals surface area (Å²) in [5.74, 6) is 0.615. The van der Waals surface area contributed by atoms with Crippen molar-refractivity contribution in [3.8, 4) is 22.3 Å². The fraction of sp³-hybridized carbons (Fsp3) is 0.393. The third-order valence-electron chi connectivity index (χ3n) is 7.74. The number of carbonyl (C=O) groups is 1. The summed E-state index contributed by atoms with van der Waals surface area (Å²) in [5.41, 5.74) is 7.16. The Morgan fingerprint density at radius 2 is 1.89 bits per heavy atom. The van der Waals surface area contributed by atoms with Crippen LogP contribution in [0.3, 0.4) is 0 Å². The van der Waals surface area contributed by atoms with Crippen LogP contribution in [0, 0.1) is 19.8 Å². The number of hydrogen-bond donors (Lipinski definition) is 1. The van der Waals surface area contributed by atoms with Crippen molar-refractivity contribution in [3.05, 3.63) is 59.7 Å². The van der Waals surface area contributed by atoms with E-state index in [4.69, 9.17) is 14.2 Å². The zero-order valence-electron chi connectivity index (χ0n) is 20.1. The Labute approximate surface area is 203 Å². The summed E-state index contributed by atoms with van der Waals surface area (Å²) in [5, 5.41) is 13.8. The van der Waals surface area contributed by atoms with Gasteiger partial charge in [0.1, 0.15) is 5.76 Å². The molecule has 3 aromatic heterocycles. The van der Waals surface area contributed by atoms with E-state index in [1.807, 2.05) is 44.3 Å². The Bertz CT molecular complexity index is 1390. The van der Waals surface area contributed by atoms with Gasteiger partial charge in [0.15, 0.2) is 0 Å². The molecule has 0 unspecified atom stereocenters. The van der Waals surface area contributed by atoms with Crippen LogP contribution in [0.2, 0.25) is 0 Å². The molecule has 35 heavy (non-hydrogen) atoms. The van der Waals surface area contributed by atoms with Crippen molar-refractivity contribution in [3.63, 3.8) is 0 Å². The van der Waals surface area contributed by atoms with Crippen LogP contribution < -0.4 is 0 Å². The highest BCUT2D eigenvalue weighted by atomic mass is 16.5. The number of ether oxygens (including phenoxy) is 1. The molecule has 1 saturated carbocycles. The fourth-order valence-corrected chi connectivity index (χ4v) is 5.49. The van der Waals surface area contributed by atoms with Crippen LogP contribution >= 0.6 is 0 Å². The number of pyridine rings is 1. The summed E-state index contributed by atoms with van der Waals surface area (Å²) in [6.07, 6.45) is 7.62. The van der Waals surface area contributed by atoms with Crippen molar-refractivity contribution in [2.24, 2.45) is 5.92 Å². The van der Waals surface area contributed by atoms with E-state index in [0.29, 0.717) is 18.8 Å². The van der Waals surface area contributed by atoms with Crippen LogP contribution in [0.1, 0.15) is 42.7 Å². The van der Waals surface area contributed by atoms with E-state index in [9.17, 15) is 9.90 Å². The minimum atomic E-state index is -0.730. The molecule has 1 saturated heterocycles. The largest absolute Gasteiger partial charge is 0.481 e. The van der Waals surface area contributed by atoms with Gasteiger partial charge in [-0.25, -0.2) is 0 Å². The number of aromatic nitrogens is 3. The highest BCUT2D eigenvalue weighted by Crippen LogP contribution is 2.48. The number of rotatable bonds is 6. The second kappa shape index (κ2) is 8.34. The lowest BCUT2D eigenvalue weighted by Crippen LogP contribution is -2.20. The Kier molecular flexibility index (Phi) is 5.25. The standard InChI is InChI=1S/C28H29N3O4/c1-17-25(18(2)35-30-17)21-13-24-26(29-14-21)23(16-31(24)15-19-7-11-34-12-8-19)20-3-5-22(6-4-20)28(9-10-28)27(32)33/h3-6,13-14,16,19H,7-12,15H2,1-2H3,(H,32,33). The summed E-state index contributed by atoms with van der Waals surface area (Å²) < 4.78 is 13.3. The van der Waals surface area contributed by atoms with Crippen molar-refractivity contribution in [2.45, 2.75) is 51.5 Å². The number of benzene rings is 1. The van der Waals surface area contributed by atoms with Crippen LogP contribution in [0.4, 0.5) is 0 Å². The van der Waals surface area contributed by atoms with Crippen molar-refractivity contribution >= 4 is 17.0 Å². The van der Waals surface area contributed by atoms with E-state index >= 15 is 0 Å². The van der Waals surface area contributed by atoms with Crippen molar-refractivity contribution in [1.29, 1.82) is 0 Å². The predicted molar refractivity (Wildman–Crippen MR) is 132 cm³/mol. The molecule has 1 aromatic carbocycles. The van der Waals surface area contributed by atoms with Gasteiger partial charge in [-0.3, -0.25) is 9.78 Å². The molecule has 0 atom stereocenters. The Balaban J connectivity index is 1.44. The molecule has 1 aliphatic carbocycles. The van der Waals surface area contributed by atoms with Gasteiger partial charge >= 0.3 is 5.97 Å². The van der Waals surface area contributed by atoms with Gasteiger partial charge in [-0.1, -0.05) is 29.4 Å². The molecule has 180 valence electrons. The van der Waals surface area contributed by atoms with Crippen LogP contribution in [0.5, 0.6) is 0 Å². The monoisotopic (exact) mass is 471 g/mol. The lowest BCUT2D eigenvalue weighted by atomic mass is 9.94. The fourth-order valence-electron chi connectivity index (χ4n) is 5.49. The molecule has 4 aromatic rings. The van der Waals surface area contributed by atoms with E-state index < -0.39 is 11.4 Å². The van der Waals surface area contributed by atoms with Crippen LogP contribution in [0.25, 0.3) is 33.3 Å². The molecule has 2 fully saturated rings. The highest BCUT2D eigenvalue weighted by molar-refractivity contribution is 5.95. The lowest BCUT2D eigenvalue weighted by molar-refractivity contribution is -0.140. The van der Waals surface area contributed by atoms with E-state index in [1.165, 1.54) is 0 Å². The van der Waals surface area contributed by atoms with Gasteiger partial charge in [0.25, 0.3) is 0 Å². The topological polar surface area (TPSA) is 90.4 Å². The molecular formula is C28H29N3O4. The van der Waals surface area contributed by atoms with Crippen molar-refractivity contribution in [2.75, 3.05) is 13.2 Å². The Morgan fingerprint density at radius 1 is 1.14 bits per heavy atom. The molecule has 0 amide bonds. The molecule has 1 aliphatic heterocycles. The summed E-state index contributed by atoms with van der Waals surface area (Å²) in [7, 11) is 0. The lowest BCUT2D eigenvalue weighted by Gasteiger charge is -2.22. The molecule has 6 rings (SSSR count). The van der Waals surface area contributed by atoms with E-state index in [1.54, 1.807) is 0 Å². The van der Waals surface area contributed by atoms with Gasteiger partial charge in [-0.05, 0) is 62.6 Å². The van der Waals surface area contributed by atoms with Crippen molar-refractivity contribution in [1.82, 2.24) is 14.7 Å². The van der Waals surface area contributed by atoms with Gasteiger partial charge in [-0.2, -0.15) is 0 Å². The summed E-state index contributed by atoms with van der Waals surface area (Å²) in [4.78, 5) is 16.7. The molecule has 0 bridgehead atoms. The van der Waals surface area contributed by atoms with Gasteiger partial charge in [0, 0.05) is 48.8 Å². The third kappa shape index (κ3) is 3.74. The third-order valence-corrected chi connectivity index (χ3v) is 7.74. The summed E-state index contributed by atoms with van der Waals surface area (Å²) in [6.45, 7) is 6.41. The number of aryl methyl sites for hydroxylation is 2. The SMILES string of the molecule is Cc1noc(C)c1-c1cnc2c(-c3ccc(C4(C(=O)O)CC4)cc3)cn(CC3CCOCC3)c2c1. The van der Waals surface area contributed by atoms with E-state index in [2.05, 4.69) is 22.0 Å². The average Bonchev–Trinajstić information content (AvgIpc) is 3.53. The van der Waals surface area contributed by atoms with Crippen LogP contribution in [0.15, 0.2) is 47.2 Å². The number of nitrogens with zero attached hydrogens (tertiary/aromatic N) is 3. The molecule has 4 heterocycles. The van der Waals surface area contributed by atoms with Crippen LogP contribution in [-0.2, 0) is 21.5 Å². The molecular weight excluding hydrogens is 442 g/mol. The quantitative estimate of drug-likeness (QED) is 0.398. The normalized spacial score (nSPS) is 17.7. The zero-order chi connectivity index (χ0) is 24.2. The van der Waals surface area contributed by atoms with Crippen LogP contribution in [-0.4, -0.2) is 39.0 Å². The Morgan fingerprint density at radius 3 is 2.51 bits per heavy atom. The van der Waals surface area contributed by atoms with E-state index in [0.717, 1.165) is 82.9 Å². The first kappa shape index (κ1) is 22.0. The maximum absolute atomic E-state index is 11.8. The molecule has 7 heteroatoms. The second-order valence-corrected chi connectivity index (χ2v) is 10.0. The van der Waals surface area contributed by atoms with Crippen molar-refractivity contribution < 1.29 is 19.2 Å². The van der Waals surface area contributed by atoms with Gasteiger partial charge in [0.2, 0.25) is 0 Å². The number of carboxylic acid groups (broad SMARTS) is 1. The average molecular weight is 472 g/mol. The maximum atomic E-state index is 11.8. The highest BCUT2D eigenvalue weighted by Gasteiger charge is 2.51. The maximum Gasteiger partial charge on any atom is 0.314 e. The first-order valence-electron chi connectivity index (χ1n) is 12.3. The molecule has 2 aliphatic rings. The molecule has 0 radical (unpaired) electrons. The molecule has 0 spiro atoms. The van der Waals surface area contributed by atoms with Gasteiger partial charge in [-0.15, -0.1) is 0 Å². The minimum absolute atomic E-state index is 0.558. The Hall–Kier alpha value is -3.45. The minimum Gasteiger partial charge on any atom is -0.481 e. The smallest absolute Gasteiger partial charge is 0.314 e. The predicted octanol–water partition coefficient (Wildman–Crippen LogP) is 5.52. The van der Waals surface area contributed by atoms with Gasteiger partial charge < -0.3 is 18.9 Å². The molecule has 7 nitrogen and oxygen atoms in total. The van der Waals surface area contributed by atoms with Gasteiger partial charge in [0.05, 0.1) is 22.1 Å². The summed E-state index contributed by atoms with van der Waals surface area (Å²) in [6, 6.07) is 10.2. The summed E-state index contributed by atoms with van der Waals surface area (Å²) >= 11 is 0. The van der Waals surface area contributed by atoms with E-state index in [-0.39, 0.29) is 0 Å². The molecule has 1 N–H and O–H groups in total. The first-order chi connectivity index (χ1) is 17.0.